The third kappa shape index (κ3) is 6.00. The number of carboxylic acids is 1. The summed E-state index contributed by atoms with van der Waals surface area (Å²) < 4.78 is 39.3. The number of carboxylic acid groups (broad SMARTS) is 1. The Morgan fingerprint density at radius 1 is 1.17 bits per heavy atom. The van der Waals surface area contributed by atoms with Crippen molar-refractivity contribution in [3.8, 4) is 11.5 Å². The van der Waals surface area contributed by atoms with Crippen molar-refractivity contribution in [1.29, 1.82) is 0 Å². The van der Waals surface area contributed by atoms with E-state index in [1.54, 1.807) is 19.2 Å². The van der Waals surface area contributed by atoms with E-state index in [1.165, 1.54) is 23.9 Å². The van der Waals surface area contributed by atoms with Crippen LogP contribution in [0.5, 0.6) is 11.5 Å². The van der Waals surface area contributed by atoms with Gasteiger partial charge in [-0.15, -0.1) is 11.8 Å². The smallest absolute Gasteiger partial charge is 0.303 e. The molecule has 0 aromatic heterocycles. The molecular weight excluding hydrogens is 434 g/mol. The zero-order chi connectivity index (χ0) is 22.3. The summed E-state index contributed by atoms with van der Waals surface area (Å²) in [6.07, 6.45) is 1.45. The summed E-state index contributed by atoms with van der Waals surface area (Å²) in [7, 11) is 1.57. The van der Waals surface area contributed by atoms with Gasteiger partial charge in [0.25, 0.3) is 0 Å². The Balaban J connectivity index is 2.28. The maximum atomic E-state index is 14.4. The summed E-state index contributed by atoms with van der Waals surface area (Å²) in [5.74, 6) is -2.98. The lowest BCUT2D eigenvalue weighted by Crippen LogP contribution is -2.07. The molecule has 0 heterocycles. The Bertz CT molecular complexity index is 958. The van der Waals surface area contributed by atoms with Crippen LogP contribution >= 0.6 is 23.4 Å². The molecule has 0 saturated carbocycles. The van der Waals surface area contributed by atoms with Gasteiger partial charge in [-0.05, 0) is 42.0 Å². The first-order chi connectivity index (χ1) is 14.3. The number of aliphatic carboxylic acids is 1. The van der Waals surface area contributed by atoms with Gasteiger partial charge in [0, 0.05) is 21.9 Å². The van der Waals surface area contributed by atoms with Crippen molar-refractivity contribution < 1.29 is 28.2 Å². The Morgan fingerprint density at radius 2 is 1.83 bits per heavy atom. The number of thioether (sulfide) groups is 1. The van der Waals surface area contributed by atoms with Gasteiger partial charge < -0.3 is 14.6 Å². The lowest BCUT2D eigenvalue weighted by atomic mass is 10.1. The van der Waals surface area contributed by atoms with Gasteiger partial charge in [-0.25, -0.2) is 4.39 Å². The number of hydrogen-bond donors (Lipinski definition) is 1. The second-order valence-corrected chi connectivity index (χ2v) is 7.45. The molecule has 0 spiro atoms. The summed E-state index contributed by atoms with van der Waals surface area (Å²) in [4.78, 5) is 11.4. The fourth-order valence-corrected chi connectivity index (χ4v) is 3.70. The second-order valence-electron chi connectivity index (χ2n) is 6.18. The molecule has 1 N–H and O–H groups in total. The molecule has 0 aliphatic rings. The molecular formula is C22H21ClF2O4S. The third-order valence-corrected chi connectivity index (χ3v) is 5.38. The van der Waals surface area contributed by atoms with Gasteiger partial charge >= 0.3 is 5.97 Å². The van der Waals surface area contributed by atoms with Gasteiger partial charge in [0.1, 0.15) is 12.4 Å². The molecule has 0 saturated heterocycles. The van der Waals surface area contributed by atoms with Gasteiger partial charge in [-0.1, -0.05) is 36.4 Å². The second kappa shape index (κ2) is 11.0. The number of methoxy groups -OCH3 is 1. The molecule has 8 heteroatoms. The maximum Gasteiger partial charge on any atom is 0.303 e. The van der Waals surface area contributed by atoms with Crippen molar-refractivity contribution in [3.05, 3.63) is 76.3 Å². The molecule has 0 atom stereocenters. The molecule has 0 aliphatic carbocycles. The van der Waals surface area contributed by atoms with E-state index in [0.29, 0.717) is 11.3 Å². The fourth-order valence-electron chi connectivity index (χ4n) is 2.69. The topological polar surface area (TPSA) is 55.8 Å². The number of ether oxygens (including phenoxy) is 2. The van der Waals surface area contributed by atoms with Crippen LogP contribution in [0.3, 0.4) is 0 Å². The van der Waals surface area contributed by atoms with E-state index >= 15 is 0 Å². The number of benzene rings is 2. The predicted octanol–water partition coefficient (Wildman–Crippen LogP) is 5.90. The van der Waals surface area contributed by atoms with E-state index in [2.05, 4.69) is 6.58 Å². The summed E-state index contributed by atoms with van der Waals surface area (Å²) in [5.41, 5.74) is 1.35. The lowest BCUT2D eigenvalue weighted by Gasteiger charge is -2.16. The van der Waals surface area contributed by atoms with Gasteiger partial charge in [-0.3, -0.25) is 4.79 Å². The SMILES string of the molecule is C=C(Cl)/C(COc1ccc(CCC(=O)O)c(F)c1F)=C(\SC)c1ccc(OC)cc1. The highest BCUT2D eigenvalue weighted by molar-refractivity contribution is 8.07. The summed E-state index contributed by atoms with van der Waals surface area (Å²) in [5, 5.41) is 8.93. The van der Waals surface area contributed by atoms with Crippen LogP contribution in [-0.4, -0.2) is 31.0 Å². The molecule has 0 aliphatic heterocycles. The predicted molar refractivity (Wildman–Crippen MR) is 116 cm³/mol. The van der Waals surface area contributed by atoms with Crippen LogP contribution in [0.25, 0.3) is 4.91 Å². The largest absolute Gasteiger partial charge is 0.497 e. The van der Waals surface area contributed by atoms with E-state index in [9.17, 15) is 13.6 Å². The minimum absolute atomic E-state index is 0.0252. The van der Waals surface area contributed by atoms with E-state index < -0.39 is 17.6 Å². The van der Waals surface area contributed by atoms with E-state index in [-0.39, 0.29) is 35.8 Å². The highest BCUT2D eigenvalue weighted by Gasteiger charge is 2.18. The molecule has 0 bridgehead atoms. The molecule has 0 radical (unpaired) electrons. The lowest BCUT2D eigenvalue weighted by molar-refractivity contribution is -0.136. The standard InChI is InChI=1S/C22H21ClF2O4S/c1-13(23)17(22(30-3)15-4-8-16(28-2)9-5-15)12-29-18-10-6-14(7-11-19(26)27)20(24)21(18)25/h4-6,8-10H,1,7,11-12H2,2-3H3,(H,26,27)/b22-17-. The fraction of sp³-hybridized carbons (Fsp3) is 0.227. The number of hydrogen-bond acceptors (Lipinski definition) is 4. The minimum Gasteiger partial charge on any atom is -0.497 e. The maximum absolute atomic E-state index is 14.4. The zero-order valence-electron chi connectivity index (χ0n) is 16.5. The number of carbonyl (C=O) groups is 1. The third-order valence-electron chi connectivity index (χ3n) is 4.26. The molecule has 160 valence electrons. The first kappa shape index (κ1) is 23.8. The Kier molecular flexibility index (Phi) is 8.74. The van der Waals surface area contributed by atoms with Gasteiger partial charge in [0.05, 0.1) is 7.11 Å². The molecule has 0 fully saturated rings. The van der Waals surface area contributed by atoms with E-state index in [1.807, 2.05) is 18.4 Å². The number of rotatable bonds is 10. The van der Waals surface area contributed by atoms with Crippen molar-refractivity contribution in [1.82, 2.24) is 0 Å². The molecule has 2 rings (SSSR count). The average Bonchev–Trinajstić information content (AvgIpc) is 2.73. The van der Waals surface area contributed by atoms with Crippen molar-refractivity contribution in [3.63, 3.8) is 0 Å². The van der Waals surface area contributed by atoms with Crippen LogP contribution in [0.15, 0.2) is 53.6 Å². The van der Waals surface area contributed by atoms with Crippen LogP contribution < -0.4 is 9.47 Å². The van der Waals surface area contributed by atoms with Crippen LogP contribution in [0.2, 0.25) is 0 Å². The Labute approximate surface area is 183 Å². The molecule has 0 unspecified atom stereocenters. The van der Waals surface area contributed by atoms with Crippen molar-refractivity contribution in [2.45, 2.75) is 12.8 Å². The molecule has 0 amide bonds. The van der Waals surface area contributed by atoms with Gasteiger partial charge in [-0.2, -0.15) is 4.39 Å². The summed E-state index contributed by atoms with van der Waals surface area (Å²) >= 11 is 7.58. The summed E-state index contributed by atoms with van der Waals surface area (Å²) in [6, 6.07) is 9.88. The van der Waals surface area contributed by atoms with E-state index in [0.717, 1.165) is 10.5 Å². The highest BCUT2D eigenvalue weighted by Crippen LogP contribution is 2.34. The molecule has 2 aromatic carbocycles. The quantitative estimate of drug-likeness (QED) is 0.453. The van der Waals surface area contributed by atoms with Crippen molar-refractivity contribution in [2.24, 2.45) is 0 Å². The molecule has 2 aromatic rings. The molecule has 4 nitrogen and oxygen atoms in total. The highest BCUT2D eigenvalue weighted by atomic mass is 35.5. The first-order valence-electron chi connectivity index (χ1n) is 8.86. The monoisotopic (exact) mass is 454 g/mol. The number of aryl methyl sites for hydroxylation is 1. The zero-order valence-corrected chi connectivity index (χ0v) is 18.1. The van der Waals surface area contributed by atoms with Crippen molar-refractivity contribution in [2.75, 3.05) is 20.0 Å². The Hall–Kier alpha value is -2.51. The first-order valence-corrected chi connectivity index (χ1v) is 10.5. The average molecular weight is 455 g/mol. The van der Waals surface area contributed by atoms with Crippen LogP contribution in [0, 0.1) is 11.6 Å². The summed E-state index contributed by atoms with van der Waals surface area (Å²) in [6.45, 7) is 3.63. The minimum atomic E-state index is -1.17. The van der Waals surface area contributed by atoms with Gasteiger partial charge in [0.15, 0.2) is 11.6 Å². The molecule has 30 heavy (non-hydrogen) atoms. The number of halogens is 3. The van der Waals surface area contributed by atoms with E-state index in [4.69, 9.17) is 26.2 Å². The Morgan fingerprint density at radius 3 is 2.37 bits per heavy atom. The van der Waals surface area contributed by atoms with Crippen LogP contribution in [-0.2, 0) is 11.2 Å². The van der Waals surface area contributed by atoms with Crippen LogP contribution in [0.4, 0.5) is 8.78 Å². The van der Waals surface area contributed by atoms with Crippen molar-refractivity contribution >= 4 is 34.2 Å². The van der Waals surface area contributed by atoms with Gasteiger partial charge in [0.2, 0.25) is 5.82 Å². The normalized spacial score (nSPS) is 11.6. The van der Waals surface area contributed by atoms with Crippen LogP contribution in [0.1, 0.15) is 17.5 Å².